The quantitative estimate of drug-likeness (QED) is 0.519. The van der Waals surface area contributed by atoms with E-state index >= 15 is 0 Å². The normalized spacial score (nSPS) is 13.7. The molecule has 0 aliphatic carbocycles. The van der Waals surface area contributed by atoms with Crippen LogP contribution in [0.4, 0.5) is 4.39 Å². The Labute approximate surface area is 159 Å². The second kappa shape index (κ2) is 6.32. The van der Waals surface area contributed by atoms with Gasteiger partial charge >= 0.3 is 0 Å². The molecule has 2 aromatic heterocycles. The number of hydrogen-bond donors (Lipinski definition) is 0. The molecule has 134 valence electrons. The number of amides is 1. The molecule has 0 N–H and O–H groups in total. The van der Waals surface area contributed by atoms with Gasteiger partial charge in [-0.15, -0.1) is 11.3 Å². The van der Waals surface area contributed by atoms with Crippen LogP contribution in [0.25, 0.3) is 16.2 Å². The molecule has 0 atom stereocenters. The van der Waals surface area contributed by atoms with Crippen molar-refractivity contribution in [3.8, 4) is 11.3 Å². The molecule has 0 spiro atoms. The summed E-state index contributed by atoms with van der Waals surface area (Å²) in [4.78, 5) is 20.3. The van der Waals surface area contributed by atoms with Crippen LogP contribution in [0.5, 0.6) is 0 Å². The number of nitrogens with zero attached hydrogens (tertiary/aromatic N) is 3. The number of thiazole rings is 1. The van der Waals surface area contributed by atoms with E-state index in [1.807, 2.05) is 33.0 Å². The maximum atomic E-state index is 13.2. The molecule has 4 nitrogen and oxygen atoms in total. The third kappa shape index (κ3) is 2.82. The number of benzene rings is 2. The highest BCUT2D eigenvalue weighted by molar-refractivity contribution is 7.15. The molecule has 0 fully saturated rings. The van der Waals surface area contributed by atoms with E-state index in [1.165, 1.54) is 34.6 Å². The van der Waals surface area contributed by atoms with Crippen LogP contribution >= 0.6 is 11.3 Å². The van der Waals surface area contributed by atoms with Crippen LogP contribution < -0.4 is 0 Å². The predicted octanol–water partition coefficient (Wildman–Crippen LogP) is 4.40. The monoisotopic (exact) mass is 377 g/mol. The fourth-order valence-electron chi connectivity index (χ4n) is 3.53. The largest absolute Gasteiger partial charge is 0.333 e. The van der Waals surface area contributed by atoms with Gasteiger partial charge in [0.05, 0.1) is 5.69 Å². The zero-order valence-electron chi connectivity index (χ0n) is 14.4. The first kappa shape index (κ1) is 16.2. The minimum Gasteiger partial charge on any atom is -0.333 e. The molecule has 5 rings (SSSR count). The highest BCUT2D eigenvalue weighted by Crippen LogP contribution is 2.26. The van der Waals surface area contributed by atoms with Crippen LogP contribution in [0.1, 0.15) is 21.6 Å². The molecule has 1 aliphatic heterocycles. The first-order valence-corrected chi connectivity index (χ1v) is 9.65. The summed E-state index contributed by atoms with van der Waals surface area (Å²) in [6, 6.07) is 14.5. The van der Waals surface area contributed by atoms with Gasteiger partial charge in [0, 0.05) is 30.2 Å². The molecule has 1 aliphatic rings. The summed E-state index contributed by atoms with van der Waals surface area (Å²) in [6.07, 6.45) is 2.73. The van der Waals surface area contributed by atoms with E-state index in [4.69, 9.17) is 0 Å². The van der Waals surface area contributed by atoms with Crippen molar-refractivity contribution in [3.63, 3.8) is 0 Å². The molecular formula is C21H16FN3OS. The Morgan fingerprint density at radius 1 is 1.07 bits per heavy atom. The minimum absolute atomic E-state index is 0.0128. The Balaban J connectivity index is 1.46. The Bertz CT molecular complexity index is 1150. The van der Waals surface area contributed by atoms with E-state index < -0.39 is 0 Å². The number of carbonyl (C=O) groups excluding carboxylic acids is 1. The molecule has 0 unspecified atom stereocenters. The van der Waals surface area contributed by atoms with E-state index in [2.05, 4.69) is 17.1 Å². The van der Waals surface area contributed by atoms with E-state index in [1.54, 1.807) is 12.1 Å². The second-order valence-electron chi connectivity index (χ2n) is 6.65. The number of halogens is 1. The number of rotatable bonds is 2. The van der Waals surface area contributed by atoms with Crippen molar-refractivity contribution < 1.29 is 9.18 Å². The smallest absolute Gasteiger partial charge is 0.272 e. The van der Waals surface area contributed by atoms with Gasteiger partial charge in [0.25, 0.3) is 5.91 Å². The molecule has 27 heavy (non-hydrogen) atoms. The highest BCUT2D eigenvalue weighted by atomic mass is 32.1. The van der Waals surface area contributed by atoms with Gasteiger partial charge in [0.2, 0.25) is 0 Å². The van der Waals surface area contributed by atoms with E-state index in [-0.39, 0.29) is 11.7 Å². The topological polar surface area (TPSA) is 37.6 Å². The first-order valence-electron chi connectivity index (χ1n) is 8.77. The first-order chi connectivity index (χ1) is 13.2. The standard InChI is InChI=1S/C21H16FN3OS/c22-17-7-5-15(6-8-17)18-12-25-19(13-27-21(25)23-18)20(26)24-10-9-14-3-1-2-4-16(14)11-24/h1-8,12-13H,9-11H2. The van der Waals surface area contributed by atoms with Gasteiger partial charge in [-0.1, -0.05) is 24.3 Å². The highest BCUT2D eigenvalue weighted by Gasteiger charge is 2.24. The maximum Gasteiger partial charge on any atom is 0.272 e. The van der Waals surface area contributed by atoms with Crippen molar-refractivity contribution in [1.29, 1.82) is 0 Å². The van der Waals surface area contributed by atoms with Crippen LogP contribution in [0.2, 0.25) is 0 Å². The Morgan fingerprint density at radius 3 is 2.67 bits per heavy atom. The van der Waals surface area contributed by atoms with E-state index in [9.17, 15) is 9.18 Å². The van der Waals surface area contributed by atoms with Crippen LogP contribution in [0.3, 0.4) is 0 Å². The molecule has 4 aromatic rings. The lowest BCUT2D eigenvalue weighted by molar-refractivity contribution is 0.0728. The van der Waals surface area contributed by atoms with Crippen molar-refractivity contribution in [3.05, 3.63) is 82.7 Å². The number of imidazole rings is 1. The maximum absolute atomic E-state index is 13.2. The van der Waals surface area contributed by atoms with Crippen LogP contribution in [0.15, 0.2) is 60.1 Å². The lowest BCUT2D eigenvalue weighted by atomic mass is 10.00. The molecular weight excluding hydrogens is 361 g/mol. The van der Waals surface area contributed by atoms with Gasteiger partial charge in [-0.25, -0.2) is 9.37 Å². The molecule has 0 bridgehead atoms. The van der Waals surface area contributed by atoms with E-state index in [0.717, 1.165) is 22.6 Å². The summed E-state index contributed by atoms with van der Waals surface area (Å²) in [5.41, 5.74) is 4.71. The van der Waals surface area contributed by atoms with Crippen LogP contribution in [-0.4, -0.2) is 26.7 Å². The second-order valence-corrected chi connectivity index (χ2v) is 7.49. The van der Waals surface area contributed by atoms with Gasteiger partial charge in [0.15, 0.2) is 4.96 Å². The fourth-order valence-corrected chi connectivity index (χ4v) is 4.38. The third-order valence-corrected chi connectivity index (χ3v) is 5.83. The van der Waals surface area contributed by atoms with Gasteiger partial charge in [0.1, 0.15) is 11.5 Å². The van der Waals surface area contributed by atoms with Gasteiger partial charge in [-0.3, -0.25) is 9.20 Å². The van der Waals surface area contributed by atoms with E-state index in [0.29, 0.717) is 18.8 Å². The molecule has 0 saturated heterocycles. The number of fused-ring (bicyclic) bond motifs is 2. The SMILES string of the molecule is O=C(c1csc2nc(-c3ccc(F)cc3)cn12)N1CCc2ccccc2C1. The summed E-state index contributed by atoms with van der Waals surface area (Å²) in [6.45, 7) is 1.35. The summed E-state index contributed by atoms with van der Waals surface area (Å²) in [5, 5.41) is 1.86. The predicted molar refractivity (Wildman–Crippen MR) is 103 cm³/mol. The molecule has 0 saturated carbocycles. The average molecular weight is 377 g/mol. The molecule has 0 radical (unpaired) electrons. The summed E-state index contributed by atoms with van der Waals surface area (Å²) in [5.74, 6) is -0.264. The fraction of sp³-hybridized carbons (Fsp3) is 0.143. The summed E-state index contributed by atoms with van der Waals surface area (Å²) in [7, 11) is 0. The Hall–Kier alpha value is -2.99. The Morgan fingerprint density at radius 2 is 1.85 bits per heavy atom. The average Bonchev–Trinajstić information content (AvgIpc) is 3.28. The van der Waals surface area contributed by atoms with Crippen molar-refractivity contribution in [2.24, 2.45) is 0 Å². The minimum atomic E-state index is -0.277. The number of hydrogen-bond acceptors (Lipinski definition) is 3. The zero-order valence-corrected chi connectivity index (χ0v) is 15.2. The number of carbonyl (C=O) groups is 1. The van der Waals surface area contributed by atoms with Crippen LogP contribution in [-0.2, 0) is 13.0 Å². The van der Waals surface area contributed by atoms with Crippen molar-refractivity contribution in [1.82, 2.24) is 14.3 Å². The van der Waals surface area contributed by atoms with Gasteiger partial charge in [-0.2, -0.15) is 0 Å². The van der Waals surface area contributed by atoms with Crippen molar-refractivity contribution in [2.45, 2.75) is 13.0 Å². The van der Waals surface area contributed by atoms with Gasteiger partial charge < -0.3 is 4.90 Å². The Kier molecular flexibility index (Phi) is 3.79. The number of aromatic nitrogens is 2. The summed E-state index contributed by atoms with van der Waals surface area (Å²) >= 11 is 1.44. The molecule has 3 heterocycles. The zero-order chi connectivity index (χ0) is 18.4. The third-order valence-electron chi connectivity index (χ3n) is 4.99. The van der Waals surface area contributed by atoms with Crippen LogP contribution in [0, 0.1) is 5.82 Å². The molecule has 2 aromatic carbocycles. The summed E-state index contributed by atoms with van der Waals surface area (Å²) < 4.78 is 15.0. The lowest BCUT2D eigenvalue weighted by Gasteiger charge is -2.28. The lowest BCUT2D eigenvalue weighted by Crippen LogP contribution is -2.36. The molecule has 6 heteroatoms. The van der Waals surface area contributed by atoms with Crippen molar-refractivity contribution >= 4 is 22.2 Å². The van der Waals surface area contributed by atoms with Crippen molar-refractivity contribution in [2.75, 3.05) is 6.54 Å². The molecule has 1 amide bonds. The van der Waals surface area contributed by atoms with Gasteiger partial charge in [-0.05, 0) is 41.8 Å².